The topological polar surface area (TPSA) is 76.1 Å². The van der Waals surface area contributed by atoms with Crippen LogP contribution in [0, 0.1) is 5.92 Å². The summed E-state index contributed by atoms with van der Waals surface area (Å²) >= 11 is 0. The van der Waals surface area contributed by atoms with E-state index in [1.165, 1.54) is 7.11 Å². The third-order valence-corrected chi connectivity index (χ3v) is 5.24. The molecule has 0 radical (unpaired) electrons. The number of carbonyl (C=O) groups excluding carboxylic acids is 1. The molecule has 28 heavy (non-hydrogen) atoms. The predicted octanol–water partition coefficient (Wildman–Crippen LogP) is 3.49. The molecule has 0 saturated heterocycles. The number of nitrogens with zero attached hydrogens (tertiary/aromatic N) is 1. The van der Waals surface area contributed by atoms with Gasteiger partial charge in [-0.1, -0.05) is 38.1 Å². The lowest BCUT2D eigenvalue weighted by Crippen LogP contribution is -2.48. The Balaban J connectivity index is 2.23. The molecule has 1 aliphatic rings. The van der Waals surface area contributed by atoms with Gasteiger partial charge in [-0.15, -0.1) is 0 Å². The summed E-state index contributed by atoms with van der Waals surface area (Å²) in [6, 6.07) is 11.9. The number of anilines is 1. The zero-order valence-electron chi connectivity index (χ0n) is 16.5. The zero-order chi connectivity index (χ0) is 20.4. The average molecular weight is 383 g/mol. The smallest absolute Gasteiger partial charge is 0.313 e. The average Bonchev–Trinajstić information content (AvgIpc) is 2.81. The van der Waals surface area contributed by atoms with E-state index in [2.05, 4.69) is 0 Å². The van der Waals surface area contributed by atoms with Crippen molar-refractivity contribution < 1.29 is 24.2 Å². The first kappa shape index (κ1) is 19.7. The molecule has 0 spiro atoms. The molecule has 1 N–H and O–H groups in total. The lowest BCUT2D eigenvalue weighted by Gasteiger charge is -2.37. The Bertz CT molecular complexity index is 892. The van der Waals surface area contributed by atoms with Crippen LogP contribution in [0.15, 0.2) is 42.5 Å². The summed E-state index contributed by atoms with van der Waals surface area (Å²) in [4.78, 5) is 27.3. The standard InChI is InChI=1S/C22H25NO5/c1-13(2)21-20(22(25)26)16-8-6-5-7-14(16)11-19(24)23(21)17-10-9-15(27-3)12-18(17)28-4/h5-10,12-13,20-21H,11H2,1-4H3,(H,25,26)/t20-,21+/m1/s1. The number of ether oxygens (including phenoxy) is 2. The number of fused-ring (bicyclic) bond motifs is 1. The van der Waals surface area contributed by atoms with Crippen molar-refractivity contribution in [2.24, 2.45) is 5.92 Å². The first-order valence-electron chi connectivity index (χ1n) is 9.23. The monoisotopic (exact) mass is 383 g/mol. The molecule has 1 heterocycles. The Morgan fingerprint density at radius 3 is 2.46 bits per heavy atom. The number of methoxy groups -OCH3 is 2. The zero-order valence-corrected chi connectivity index (χ0v) is 16.5. The van der Waals surface area contributed by atoms with Crippen LogP contribution in [0.2, 0.25) is 0 Å². The maximum absolute atomic E-state index is 13.3. The third kappa shape index (κ3) is 3.42. The molecule has 6 heteroatoms. The van der Waals surface area contributed by atoms with Gasteiger partial charge in [0.15, 0.2) is 0 Å². The van der Waals surface area contributed by atoms with E-state index in [0.717, 1.165) is 5.56 Å². The molecular formula is C22H25NO5. The Morgan fingerprint density at radius 1 is 1.14 bits per heavy atom. The highest BCUT2D eigenvalue weighted by atomic mass is 16.5. The molecule has 0 unspecified atom stereocenters. The van der Waals surface area contributed by atoms with Gasteiger partial charge >= 0.3 is 5.97 Å². The van der Waals surface area contributed by atoms with Crippen LogP contribution in [0.5, 0.6) is 11.5 Å². The van der Waals surface area contributed by atoms with Crippen LogP contribution in [-0.4, -0.2) is 37.2 Å². The third-order valence-electron chi connectivity index (χ3n) is 5.24. The van der Waals surface area contributed by atoms with Crippen LogP contribution in [0.4, 0.5) is 5.69 Å². The van der Waals surface area contributed by atoms with Gasteiger partial charge in [0.1, 0.15) is 17.4 Å². The maximum Gasteiger partial charge on any atom is 0.313 e. The molecule has 148 valence electrons. The quantitative estimate of drug-likeness (QED) is 0.855. The largest absolute Gasteiger partial charge is 0.497 e. The normalized spacial score (nSPS) is 19.2. The van der Waals surface area contributed by atoms with Crippen molar-refractivity contribution in [1.29, 1.82) is 0 Å². The van der Waals surface area contributed by atoms with Crippen LogP contribution < -0.4 is 14.4 Å². The van der Waals surface area contributed by atoms with E-state index in [1.54, 1.807) is 30.2 Å². The van der Waals surface area contributed by atoms with Gasteiger partial charge in [-0.05, 0) is 29.2 Å². The minimum absolute atomic E-state index is 0.0944. The van der Waals surface area contributed by atoms with Gasteiger partial charge in [-0.3, -0.25) is 9.59 Å². The van der Waals surface area contributed by atoms with Gasteiger partial charge in [-0.2, -0.15) is 0 Å². The number of carboxylic acid groups (broad SMARTS) is 1. The molecule has 6 nitrogen and oxygen atoms in total. The SMILES string of the molecule is COc1ccc(N2C(=O)Cc3ccccc3[C@@H](C(=O)O)[C@@H]2C(C)C)c(OC)c1. The predicted molar refractivity (Wildman–Crippen MR) is 106 cm³/mol. The van der Waals surface area contributed by atoms with Gasteiger partial charge in [-0.25, -0.2) is 0 Å². The van der Waals surface area contributed by atoms with Crippen molar-refractivity contribution >= 4 is 17.6 Å². The number of amides is 1. The minimum Gasteiger partial charge on any atom is -0.497 e. The fraction of sp³-hybridized carbons (Fsp3) is 0.364. The van der Waals surface area contributed by atoms with Crippen LogP contribution in [0.1, 0.15) is 30.9 Å². The van der Waals surface area contributed by atoms with E-state index < -0.39 is 17.9 Å². The van der Waals surface area contributed by atoms with Crippen LogP contribution in [0.25, 0.3) is 0 Å². The summed E-state index contributed by atoms with van der Waals surface area (Å²) < 4.78 is 10.8. The number of benzene rings is 2. The number of carbonyl (C=O) groups is 2. The molecule has 2 aromatic rings. The highest BCUT2D eigenvalue weighted by molar-refractivity contribution is 5.99. The molecule has 2 atom stereocenters. The number of carboxylic acids is 1. The second-order valence-corrected chi connectivity index (χ2v) is 7.23. The summed E-state index contributed by atoms with van der Waals surface area (Å²) in [6.07, 6.45) is 0.137. The summed E-state index contributed by atoms with van der Waals surface area (Å²) in [5.41, 5.74) is 1.99. The first-order chi connectivity index (χ1) is 13.4. The van der Waals surface area contributed by atoms with Crippen molar-refractivity contribution in [2.45, 2.75) is 32.2 Å². The Kier molecular flexibility index (Phi) is 5.58. The second kappa shape index (κ2) is 7.92. The van der Waals surface area contributed by atoms with Gasteiger partial charge in [0.2, 0.25) is 5.91 Å². The molecular weight excluding hydrogens is 358 g/mol. The van der Waals surface area contributed by atoms with E-state index in [1.807, 2.05) is 38.1 Å². The van der Waals surface area contributed by atoms with Crippen LogP contribution in [0.3, 0.4) is 0 Å². The van der Waals surface area contributed by atoms with Crippen molar-refractivity contribution in [3.63, 3.8) is 0 Å². The lowest BCUT2D eigenvalue weighted by molar-refractivity contribution is -0.139. The second-order valence-electron chi connectivity index (χ2n) is 7.23. The Morgan fingerprint density at radius 2 is 1.86 bits per heavy atom. The van der Waals surface area contributed by atoms with Gasteiger partial charge in [0.25, 0.3) is 0 Å². The first-order valence-corrected chi connectivity index (χ1v) is 9.23. The Hall–Kier alpha value is -3.02. The molecule has 2 aromatic carbocycles. The van der Waals surface area contributed by atoms with E-state index in [0.29, 0.717) is 22.7 Å². The van der Waals surface area contributed by atoms with Crippen molar-refractivity contribution in [3.8, 4) is 11.5 Å². The summed E-state index contributed by atoms with van der Waals surface area (Å²) in [7, 11) is 3.08. The van der Waals surface area contributed by atoms with E-state index in [4.69, 9.17) is 9.47 Å². The molecule has 3 rings (SSSR count). The van der Waals surface area contributed by atoms with Gasteiger partial charge in [0, 0.05) is 6.07 Å². The van der Waals surface area contributed by atoms with Crippen molar-refractivity contribution in [3.05, 3.63) is 53.6 Å². The fourth-order valence-corrected chi connectivity index (χ4v) is 3.99. The van der Waals surface area contributed by atoms with Gasteiger partial charge in [0.05, 0.1) is 32.4 Å². The number of aliphatic carboxylic acids is 1. The van der Waals surface area contributed by atoms with Crippen molar-refractivity contribution in [1.82, 2.24) is 0 Å². The van der Waals surface area contributed by atoms with Crippen LogP contribution >= 0.6 is 0 Å². The molecule has 0 saturated carbocycles. The number of rotatable bonds is 5. The molecule has 0 aromatic heterocycles. The minimum atomic E-state index is -0.946. The Labute approximate surface area is 164 Å². The summed E-state index contributed by atoms with van der Waals surface area (Å²) in [5, 5.41) is 10.1. The highest BCUT2D eigenvalue weighted by Crippen LogP contribution is 2.41. The fourth-order valence-electron chi connectivity index (χ4n) is 3.99. The van der Waals surface area contributed by atoms with E-state index in [9.17, 15) is 14.7 Å². The van der Waals surface area contributed by atoms with E-state index >= 15 is 0 Å². The van der Waals surface area contributed by atoms with Gasteiger partial charge < -0.3 is 19.5 Å². The number of hydrogen-bond acceptors (Lipinski definition) is 4. The molecule has 0 aliphatic carbocycles. The molecule has 1 amide bonds. The van der Waals surface area contributed by atoms with Crippen molar-refractivity contribution in [2.75, 3.05) is 19.1 Å². The molecule has 0 fully saturated rings. The lowest BCUT2D eigenvalue weighted by atomic mass is 9.83. The summed E-state index contributed by atoms with van der Waals surface area (Å²) in [5.74, 6) is -0.968. The highest BCUT2D eigenvalue weighted by Gasteiger charge is 2.43. The summed E-state index contributed by atoms with van der Waals surface area (Å²) in [6.45, 7) is 3.87. The number of hydrogen-bond donors (Lipinski definition) is 1. The molecule has 1 aliphatic heterocycles. The van der Waals surface area contributed by atoms with E-state index in [-0.39, 0.29) is 18.2 Å². The van der Waals surface area contributed by atoms with Crippen LogP contribution in [-0.2, 0) is 16.0 Å². The molecule has 0 bridgehead atoms. The maximum atomic E-state index is 13.3.